The minimum atomic E-state index is -1.40. The first-order chi connectivity index (χ1) is 9.40. The molecule has 0 amide bonds. The van der Waals surface area contributed by atoms with Crippen molar-refractivity contribution in [2.24, 2.45) is 0 Å². The molecule has 2 aromatic rings. The van der Waals surface area contributed by atoms with Crippen LogP contribution in [0.25, 0.3) is 11.1 Å². The van der Waals surface area contributed by atoms with Crippen molar-refractivity contribution in [2.45, 2.75) is 0 Å². The summed E-state index contributed by atoms with van der Waals surface area (Å²) in [5.41, 5.74) is 4.95. The first kappa shape index (κ1) is 13.5. The summed E-state index contributed by atoms with van der Waals surface area (Å²) >= 11 is 0. The topological polar surface area (TPSA) is 114 Å². The molecule has 102 valence electrons. The summed E-state index contributed by atoms with van der Waals surface area (Å²) in [6.07, 6.45) is 0. The molecule has 0 unspecified atom stereocenters. The number of anilines is 1. The van der Waals surface area contributed by atoms with Crippen LogP contribution in [0.2, 0.25) is 0 Å². The SMILES string of the molecule is Nc1ccc(-c2ccc(C(=O)O)c(F)c2)c(C(=O)O)n1. The molecule has 0 aliphatic rings. The van der Waals surface area contributed by atoms with Crippen LogP contribution >= 0.6 is 0 Å². The number of carboxylic acid groups (broad SMARTS) is 2. The highest BCUT2D eigenvalue weighted by molar-refractivity contribution is 5.95. The van der Waals surface area contributed by atoms with Gasteiger partial charge in [0.25, 0.3) is 0 Å². The average Bonchev–Trinajstić information content (AvgIpc) is 2.37. The molecular formula is C13H9FN2O4. The van der Waals surface area contributed by atoms with E-state index in [2.05, 4.69) is 4.98 Å². The normalized spacial score (nSPS) is 10.2. The number of pyridine rings is 1. The van der Waals surface area contributed by atoms with E-state index in [1.54, 1.807) is 0 Å². The van der Waals surface area contributed by atoms with Gasteiger partial charge in [-0.05, 0) is 29.8 Å². The van der Waals surface area contributed by atoms with E-state index in [1.165, 1.54) is 18.2 Å². The molecule has 0 radical (unpaired) electrons. The number of hydrogen-bond acceptors (Lipinski definition) is 4. The Kier molecular flexibility index (Phi) is 3.34. The highest BCUT2D eigenvalue weighted by atomic mass is 19.1. The molecule has 2 rings (SSSR count). The molecule has 0 spiro atoms. The molecule has 7 heteroatoms. The molecule has 1 aromatic carbocycles. The van der Waals surface area contributed by atoms with Crippen LogP contribution in [0.15, 0.2) is 30.3 Å². The van der Waals surface area contributed by atoms with Gasteiger partial charge in [0, 0.05) is 5.56 Å². The number of benzene rings is 1. The third kappa shape index (κ3) is 2.41. The summed E-state index contributed by atoms with van der Waals surface area (Å²) in [5.74, 6) is -3.64. The van der Waals surface area contributed by atoms with Crippen molar-refractivity contribution in [1.29, 1.82) is 0 Å². The summed E-state index contributed by atoms with van der Waals surface area (Å²) in [5, 5.41) is 17.8. The number of aromatic nitrogens is 1. The van der Waals surface area contributed by atoms with Crippen molar-refractivity contribution in [3.63, 3.8) is 0 Å². The van der Waals surface area contributed by atoms with E-state index >= 15 is 0 Å². The van der Waals surface area contributed by atoms with E-state index in [4.69, 9.17) is 15.9 Å². The average molecular weight is 276 g/mol. The smallest absolute Gasteiger partial charge is 0.355 e. The van der Waals surface area contributed by atoms with Crippen LogP contribution in [0.4, 0.5) is 10.2 Å². The fraction of sp³-hybridized carbons (Fsp3) is 0. The Bertz CT molecular complexity index is 716. The summed E-state index contributed by atoms with van der Waals surface area (Å²) in [6.45, 7) is 0. The van der Waals surface area contributed by atoms with Gasteiger partial charge in [-0.2, -0.15) is 0 Å². The Morgan fingerprint density at radius 2 is 1.80 bits per heavy atom. The predicted octanol–water partition coefficient (Wildman–Crippen LogP) is 1.87. The number of hydrogen-bond donors (Lipinski definition) is 3. The van der Waals surface area contributed by atoms with Crippen molar-refractivity contribution >= 4 is 17.8 Å². The van der Waals surface area contributed by atoms with E-state index < -0.39 is 23.3 Å². The van der Waals surface area contributed by atoms with Crippen molar-refractivity contribution in [3.05, 3.63) is 47.4 Å². The maximum absolute atomic E-state index is 13.6. The van der Waals surface area contributed by atoms with Gasteiger partial charge in [-0.3, -0.25) is 0 Å². The zero-order chi connectivity index (χ0) is 14.9. The lowest BCUT2D eigenvalue weighted by Crippen LogP contribution is -2.06. The highest BCUT2D eigenvalue weighted by Gasteiger charge is 2.17. The Labute approximate surface area is 112 Å². The van der Waals surface area contributed by atoms with Crippen LogP contribution in [0.1, 0.15) is 20.8 Å². The second-order valence-electron chi connectivity index (χ2n) is 3.94. The molecule has 1 heterocycles. The molecule has 0 bridgehead atoms. The molecule has 0 aliphatic carbocycles. The number of rotatable bonds is 3. The van der Waals surface area contributed by atoms with E-state index in [-0.39, 0.29) is 22.6 Å². The number of nitrogens with two attached hydrogens (primary N) is 1. The summed E-state index contributed by atoms with van der Waals surface area (Å²) < 4.78 is 13.6. The molecule has 0 fully saturated rings. The maximum Gasteiger partial charge on any atom is 0.355 e. The summed E-state index contributed by atoms with van der Waals surface area (Å²) in [4.78, 5) is 25.5. The van der Waals surface area contributed by atoms with E-state index in [0.717, 1.165) is 12.1 Å². The van der Waals surface area contributed by atoms with E-state index in [9.17, 15) is 14.0 Å². The predicted molar refractivity (Wildman–Crippen MR) is 68.0 cm³/mol. The van der Waals surface area contributed by atoms with E-state index in [0.29, 0.717) is 0 Å². The second kappa shape index (κ2) is 4.96. The Hall–Kier alpha value is -2.96. The quantitative estimate of drug-likeness (QED) is 0.788. The zero-order valence-electron chi connectivity index (χ0n) is 10.0. The van der Waals surface area contributed by atoms with Crippen LogP contribution in [-0.4, -0.2) is 27.1 Å². The Morgan fingerprint density at radius 1 is 1.10 bits per heavy atom. The number of nitrogens with zero attached hydrogens (tertiary/aromatic N) is 1. The molecule has 0 atom stereocenters. The molecule has 20 heavy (non-hydrogen) atoms. The van der Waals surface area contributed by atoms with Gasteiger partial charge in [0.05, 0.1) is 5.56 Å². The molecular weight excluding hydrogens is 267 g/mol. The number of nitrogen functional groups attached to an aromatic ring is 1. The lowest BCUT2D eigenvalue weighted by atomic mass is 10.0. The van der Waals surface area contributed by atoms with Crippen molar-refractivity contribution in [3.8, 4) is 11.1 Å². The fourth-order valence-electron chi connectivity index (χ4n) is 1.73. The Balaban J connectivity index is 2.60. The van der Waals surface area contributed by atoms with Crippen molar-refractivity contribution in [2.75, 3.05) is 5.73 Å². The lowest BCUT2D eigenvalue weighted by molar-refractivity contribution is 0.0680. The van der Waals surface area contributed by atoms with Crippen molar-refractivity contribution in [1.82, 2.24) is 4.98 Å². The highest BCUT2D eigenvalue weighted by Crippen LogP contribution is 2.25. The van der Waals surface area contributed by atoms with Crippen LogP contribution in [0, 0.1) is 5.82 Å². The van der Waals surface area contributed by atoms with Gasteiger partial charge in [-0.25, -0.2) is 19.0 Å². The standard InChI is InChI=1S/C13H9FN2O4/c14-9-5-6(1-2-8(9)12(17)18)7-3-4-10(15)16-11(7)13(19)20/h1-5H,(H2,15,16)(H,17,18)(H,19,20). The second-order valence-corrected chi connectivity index (χ2v) is 3.94. The van der Waals surface area contributed by atoms with Crippen LogP contribution in [0.3, 0.4) is 0 Å². The van der Waals surface area contributed by atoms with Gasteiger partial charge in [0.15, 0.2) is 5.69 Å². The van der Waals surface area contributed by atoms with Gasteiger partial charge in [0.1, 0.15) is 11.6 Å². The largest absolute Gasteiger partial charge is 0.478 e. The molecule has 0 saturated heterocycles. The third-order valence-electron chi connectivity index (χ3n) is 2.63. The van der Waals surface area contributed by atoms with Crippen LogP contribution in [0.5, 0.6) is 0 Å². The minimum absolute atomic E-state index is 0.0220. The van der Waals surface area contributed by atoms with Crippen molar-refractivity contribution < 1.29 is 24.2 Å². The summed E-state index contributed by atoms with van der Waals surface area (Å²) in [7, 11) is 0. The fourth-order valence-corrected chi connectivity index (χ4v) is 1.73. The molecule has 4 N–H and O–H groups in total. The zero-order valence-corrected chi connectivity index (χ0v) is 10.0. The number of carboxylic acids is 2. The van der Waals surface area contributed by atoms with Crippen LogP contribution < -0.4 is 5.73 Å². The van der Waals surface area contributed by atoms with E-state index in [1.807, 2.05) is 0 Å². The van der Waals surface area contributed by atoms with Gasteiger partial charge in [0.2, 0.25) is 0 Å². The maximum atomic E-state index is 13.6. The lowest BCUT2D eigenvalue weighted by Gasteiger charge is -2.07. The first-order valence-electron chi connectivity index (χ1n) is 5.43. The summed E-state index contributed by atoms with van der Waals surface area (Å²) in [6, 6.07) is 6.09. The van der Waals surface area contributed by atoms with Gasteiger partial charge in [-0.15, -0.1) is 0 Å². The number of aromatic carboxylic acids is 2. The van der Waals surface area contributed by atoms with Gasteiger partial charge < -0.3 is 15.9 Å². The minimum Gasteiger partial charge on any atom is -0.478 e. The molecule has 0 aliphatic heterocycles. The first-order valence-corrected chi connectivity index (χ1v) is 5.43. The third-order valence-corrected chi connectivity index (χ3v) is 2.63. The van der Waals surface area contributed by atoms with Gasteiger partial charge in [-0.1, -0.05) is 6.07 Å². The molecule has 1 aromatic heterocycles. The van der Waals surface area contributed by atoms with Gasteiger partial charge >= 0.3 is 11.9 Å². The number of halogens is 1. The number of carbonyl (C=O) groups is 2. The van der Waals surface area contributed by atoms with Crippen LogP contribution in [-0.2, 0) is 0 Å². The Morgan fingerprint density at radius 3 is 2.35 bits per heavy atom. The monoisotopic (exact) mass is 276 g/mol. The molecule has 0 saturated carbocycles. The molecule has 6 nitrogen and oxygen atoms in total.